The smallest absolute Gasteiger partial charge is 0.151 e. The zero-order chi connectivity index (χ0) is 38.5. The fraction of sp³-hybridized carbons (Fsp3) is 0.143. The van der Waals surface area contributed by atoms with Gasteiger partial charge in [-0.05, 0) is 95.6 Å². The zero-order valence-electron chi connectivity index (χ0n) is 33.2. The minimum absolute atomic E-state index is 0.124. The van der Waals surface area contributed by atoms with Crippen molar-refractivity contribution in [2.75, 3.05) is 7.05 Å². The maximum atomic E-state index is 2.54. The van der Waals surface area contributed by atoms with Gasteiger partial charge in [0, 0.05) is 46.7 Å². The first-order valence-corrected chi connectivity index (χ1v) is 20.5. The molecule has 0 fully saturated rings. The van der Waals surface area contributed by atoms with E-state index in [-0.39, 0.29) is 10.8 Å². The maximum absolute atomic E-state index is 2.54. The number of benzene rings is 8. The summed E-state index contributed by atoms with van der Waals surface area (Å²) in [5.41, 5.74) is 24.9. The fourth-order valence-electron chi connectivity index (χ4n) is 11.9. The summed E-state index contributed by atoms with van der Waals surface area (Å²) in [6.07, 6.45) is 0. The molecule has 272 valence electrons. The van der Waals surface area contributed by atoms with E-state index in [2.05, 4.69) is 211 Å². The van der Waals surface area contributed by atoms with Gasteiger partial charge in [0.2, 0.25) is 0 Å². The molecule has 1 nitrogen and oxygen atoms in total. The summed E-state index contributed by atoms with van der Waals surface area (Å²) in [4.78, 5) is 0. The molecule has 4 aliphatic rings. The van der Waals surface area contributed by atoms with Gasteiger partial charge in [-0.3, -0.25) is 0 Å². The van der Waals surface area contributed by atoms with Crippen LogP contribution in [0.4, 0.5) is 17.1 Å². The molecule has 0 heterocycles. The Kier molecular flexibility index (Phi) is 6.33. The highest BCUT2D eigenvalue weighted by molar-refractivity contribution is 6.00. The van der Waals surface area contributed by atoms with E-state index in [1.54, 1.807) is 0 Å². The Labute approximate surface area is 336 Å². The average Bonchev–Trinajstić information content (AvgIpc) is 3.88. The lowest BCUT2D eigenvalue weighted by Crippen LogP contribution is -2.35. The minimum Gasteiger partial charge on any atom is -0.229 e. The van der Waals surface area contributed by atoms with Crippen LogP contribution in [-0.2, 0) is 16.2 Å². The Hall–Kier alpha value is -6.28. The van der Waals surface area contributed by atoms with Gasteiger partial charge in [-0.1, -0.05) is 161 Å². The number of hydrogen-bond donors (Lipinski definition) is 0. The van der Waals surface area contributed by atoms with Crippen molar-refractivity contribution in [2.45, 2.75) is 43.9 Å². The molecule has 0 N–H and O–H groups in total. The van der Waals surface area contributed by atoms with Gasteiger partial charge in [0.05, 0.1) is 12.5 Å². The molecular weight excluding hydrogens is 687 g/mol. The molecule has 0 saturated heterocycles. The molecule has 0 amide bonds. The van der Waals surface area contributed by atoms with Crippen LogP contribution in [0.1, 0.15) is 72.2 Å². The van der Waals surface area contributed by atoms with E-state index in [0.717, 1.165) is 0 Å². The van der Waals surface area contributed by atoms with Gasteiger partial charge in [0.25, 0.3) is 0 Å². The molecule has 1 spiro atoms. The highest BCUT2D eigenvalue weighted by Crippen LogP contribution is 2.66. The Morgan fingerprint density at radius 1 is 0.316 bits per heavy atom. The van der Waals surface area contributed by atoms with Crippen LogP contribution in [0.5, 0.6) is 0 Å². The third kappa shape index (κ3) is 3.88. The molecule has 0 aliphatic heterocycles. The summed E-state index contributed by atoms with van der Waals surface area (Å²) < 4.78 is 0.524. The monoisotopic (exact) mass is 730 g/mol. The molecule has 8 aromatic carbocycles. The number of rotatable bonds is 3. The van der Waals surface area contributed by atoms with Gasteiger partial charge < -0.3 is 0 Å². The molecule has 0 aromatic heterocycles. The summed E-state index contributed by atoms with van der Waals surface area (Å²) in [5, 5.41) is 0. The van der Waals surface area contributed by atoms with Gasteiger partial charge in [0.15, 0.2) is 5.69 Å². The Bertz CT molecular complexity index is 2890. The summed E-state index contributed by atoms with van der Waals surface area (Å²) >= 11 is 0. The van der Waals surface area contributed by atoms with Gasteiger partial charge >= 0.3 is 0 Å². The Morgan fingerprint density at radius 2 is 0.667 bits per heavy atom. The van der Waals surface area contributed by atoms with Crippen LogP contribution in [0.25, 0.3) is 44.5 Å². The molecule has 8 aromatic rings. The Morgan fingerprint density at radius 3 is 1.14 bits per heavy atom. The van der Waals surface area contributed by atoms with E-state index in [4.69, 9.17) is 0 Å². The number of quaternary nitrogens is 1. The van der Waals surface area contributed by atoms with Crippen LogP contribution in [0, 0.1) is 0 Å². The van der Waals surface area contributed by atoms with Crippen molar-refractivity contribution < 1.29 is 0 Å². The highest BCUT2D eigenvalue weighted by atomic mass is 15.3. The maximum Gasteiger partial charge on any atom is 0.151 e. The topological polar surface area (TPSA) is 0 Å². The second-order valence-corrected chi connectivity index (χ2v) is 17.9. The van der Waals surface area contributed by atoms with E-state index in [9.17, 15) is 0 Å². The van der Waals surface area contributed by atoms with E-state index in [1.807, 2.05) is 0 Å². The first-order chi connectivity index (χ1) is 27.7. The standard InChI is InChI=1S/C56H44N/c1-54(2)44-22-11-6-17-37(44)41-31-29-35(33-50(41)54)57(5,36-30-32-42-38-18-7-12-23-45(38)55(3,4)51(42)34-36)52-28-16-27-49-53(52)43-21-10-15-26-48(43)56(49)46-24-13-8-19-39(46)40-20-9-14-25-47(40)56/h6-34H,1-5H3/q+1. The van der Waals surface area contributed by atoms with Gasteiger partial charge in [-0.25, -0.2) is 4.48 Å². The van der Waals surface area contributed by atoms with E-state index >= 15 is 0 Å². The van der Waals surface area contributed by atoms with Crippen LogP contribution in [0.15, 0.2) is 176 Å². The molecular formula is C56H44N+. The van der Waals surface area contributed by atoms with Crippen molar-refractivity contribution in [3.63, 3.8) is 0 Å². The Balaban J connectivity index is 1.18. The zero-order valence-corrected chi connectivity index (χ0v) is 33.2. The summed E-state index contributed by atoms with van der Waals surface area (Å²) in [5.74, 6) is 0. The third-order valence-corrected chi connectivity index (χ3v) is 14.6. The largest absolute Gasteiger partial charge is 0.229 e. The molecule has 4 aliphatic carbocycles. The number of hydrogen-bond acceptors (Lipinski definition) is 0. The number of nitrogens with zero attached hydrogens (tertiary/aromatic N) is 1. The first kappa shape index (κ1) is 32.9. The van der Waals surface area contributed by atoms with Crippen LogP contribution < -0.4 is 4.48 Å². The van der Waals surface area contributed by atoms with Crippen molar-refractivity contribution in [2.24, 2.45) is 0 Å². The van der Waals surface area contributed by atoms with E-state index < -0.39 is 5.41 Å². The van der Waals surface area contributed by atoms with E-state index in [0.29, 0.717) is 4.48 Å². The molecule has 0 saturated carbocycles. The molecule has 1 heteroatoms. The molecule has 0 radical (unpaired) electrons. The molecule has 0 unspecified atom stereocenters. The second kappa shape index (κ2) is 11.0. The van der Waals surface area contributed by atoms with E-state index in [1.165, 1.54) is 106 Å². The van der Waals surface area contributed by atoms with Crippen LogP contribution in [-0.4, -0.2) is 7.05 Å². The predicted octanol–water partition coefficient (Wildman–Crippen LogP) is 14.2. The van der Waals surface area contributed by atoms with Crippen molar-refractivity contribution in [1.29, 1.82) is 0 Å². The highest BCUT2D eigenvalue weighted by Gasteiger charge is 2.54. The average molecular weight is 731 g/mol. The minimum atomic E-state index is -0.414. The van der Waals surface area contributed by atoms with Crippen molar-refractivity contribution in [3.05, 3.63) is 220 Å². The molecule has 57 heavy (non-hydrogen) atoms. The van der Waals surface area contributed by atoms with Crippen molar-refractivity contribution in [3.8, 4) is 44.5 Å². The van der Waals surface area contributed by atoms with Crippen LogP contribution in [0.3, 0.4) is 0 Å². The normalized spacial score (nSPS) is 16.2. The summed E-state index contributed by atoms with van der Waals surface area (Å²) in [7, 11) is 2.45. The van der Waals surface area contributed by atoms with Crippen LogP contribution >= 0.6 is 0 Å². The SMILES string of the molecule is CC1(C)c2ccccc2-c2ccc([N+](C)(c3ccc4c(c3)C(C)(C)c3ccccc3-4)c3cccc4c3-c3ccccc3C43c4ccccc4-c4ccccc43)cc21. The first-order valence-electron chi connectivity index (χ1n) is 20.5. The fourth-order valence-corrected chi connectivity index (χ4v) is 11.9. The molecule has 0 bridgehead atoms. The van der Waals surface area contributed by atoms with Crippen LogP contribution in [0.2, 0.25) is 0 Å². The number of fused-ring (bicyclic) bond motifs is 16. The van der Waals surface area contributed by atoms with Gasteiger partial charge in [-0.2, -0.15) is 0 Å². The van der Waals surface area contributed by atoms with Gasteiger partial charge in [0.1, 0.15) is 11.4 Å². The lowest BCUT2D eigenvalue weighted by Gasteiger charge is -2.37. The summed E-state index contributed by atoms with van der Waals surface area (Å²) in [6, 6.07) is 67.4. The lowest BCUT2D eigenvalue weighted by molar-refractivity contribution is 0.612. The molecule has 0 atom stereocenters. The van der Waals surface area contributed by atoms with Crippen molar-refractivity contribution in [1.82, 2.24) is 4.48 Å². The van der Waals surface area contributed by atoms with Gasteiger partial charge in [-0.15, -0.1) is 0 Å². The quantitative estimate of drug-likeness (QED) is 0.159. The predicted molar refractivity (Wildman–Crippen MR) is 238 cm³/mol. The molecule has 12 rings (SSSR count). The third-order valence-electron chi connectivity index (χ3n) is 14.6. The van der Waals surface area contributed by atoms with Crippen molar-refractivity contribution >= 4 is 17.1 Å². The lowest BCUT2D eigenvalue weighted by atomic mass is 9.70. The summed E-state index contributed by atoms with van der Waals surface area (Å²) in [6.45, 7) is 9.60. The second-order valence-electron chi connectivity index (χ2n) is 17.9.